The van der Waals surface area contributed by atoms with Crippen LogP contribution in [-0.2, 0) is 16.5 Å². The molecule has 0 aliphatic carbocycles. The second kappa shape index (κ2) is 8.61. The van der Waals surface area contributed by atoms with E-state index in [2.05, 4.69) is 60.2 Å². The smallest absolute Gasteiger partial charge is 0.212 e. The van der Waals surface area contributed by atoms with Gasteiger partial charge in [0.15, 0.2) is 6.29 Å². The lowest BCUT2D eigenvalue weighted by molar-refractivity contribution is -0.646. The fourth-order valence-electron chi connectivity index (χ4n) is 2.78. The van der Waals surface area contributed by atoms with E-state index >= 15 is 0 Å². The number of ether oxygens (including phenoxy) is 3. The van der Waals surface area contributed by atoms with Gasteiger partial charge in [0.2, 0.25) is 11.2 Å². The summed E-state index contributed by atoms with van der Waals surface area (Å²) in [6.45, 7) is 0.356. The molecule has 0 N–H and O–H groups in total. The van der Waals surface area contributed by atoms with Crippen LogP contribution in [0.4, 0.5) is 0 Å². The molecule has 2 aromatic carbocycles. The summed E-state index contributed by atoms with van der Waals surface area (Å²) in [4.78, 5) is 0. The minimum atomic E-state index is -0.359. The molecule has 0 radical (unpaired) electrons. The van der Waals surface area contributed by atoms with E-state index in [-0.39, 0.29) is 6.29 Å². The highest BCUT2D eigenvalue weighted by Crippen LogP contribution is 2.16. The first-order valence-corrected chi connectivity index (χ1v) is 8.55. The Hall–Kier alpha value is -2.69. The maximum atomic E-state index is 5.66. The highest BCUT2D eigenvalue weighted by molar-refractivity contribution is 5.77. The molecule has 3 aromatic rings. The number of hydrogen-bond acceptors (Lipinski definition) is 3. The molecular formula is C22H24NO3+. The van der Waals surface area contributed by atoms with E-state index in [0.29, 0.717) is 6.61 Å². The third-order valence-electron chi connectivity index (χ3n) is 4.36. The molecule has 0 amide bonds. The lowest BCUT2D eigenvalue weighted by Crippen LogP contribution is -2.32. The minimum absolute atomic E-state index is 0.356. The van der Waals surface area contributed by atoms with Gasteiger partial charge in [-0.2, -0.15) is 4.57 Å². The van der Waals surface area contributed by atoms with Crippen LogP contribution in [0.15, 0.2) is 60.7 Å². The first-order chi connectivity index (χ1) is 12.7. The SMILES string of the molecule is COC(COc1ccc(/C=C/c2ccc3ccccc3[n+]2C)cc1)OC. The number of rotatable bonds is 7. The zero-order chi connectivity index (χ0) is 18.4. The topological polar surface area (TPSA) is 31.6 Å². The van der Waals surface area contributed by atoms with E-state index in [0.717, 1.165) is 17.0 Å². The Balaban J connectivity index is 1.70. The first kappa shape index (κ1) is 18.1. The van der Waals surface area contributed by atoms with Crippen molar-refractivity contribution in [3.8, 4) is 5.75 Å². The van der Waals surface area contributed by atoms with Crippen LogP contribution in [0.2, 0.25) is 0 Å². The molecule has 134 valence electrons. The molecule has 0 fully saturated rings. The molecule has 0 unspecified atom stereocenters. The summed E-state index contributed by atoms with van der Waals surface area (Å²) in [5.41, 5.74) is 3.47. The summed E-state index contributed by atoms with van der Waals surface area (Å²) in [7, 11) is 5.28. The zero-order valence-corrected chi connectivity index (χ0v) is 15.4. The van der Waals surface area contributed by atoms with Crippen LogP contribution < -0.4 is 9.30 Å². The van der Waals surface area contributed by atoms with E-state index < -0.39 is 0 Å². The van der Waals surface area contributed by atoms with E-state index in [1.807, 2.05) is 24.3 Å². The van der Waals surface area contributed by atoms with Gasteiger partial charge in [-0.15, -0.1) is 0 Å². The lowest BCUT2D eigenvalue weighted by atomic mass is 10.1. The normalized spacial score (nSPS) is 11.5. The fourth-order valence-corrected chi connectivity index (χ4v) is 2.78. The van der Waals surface area contributed by atoms with Gasteiger partial charge in [-0.1, -0.05) is 24.3 Å². The monoisotopic (exact) mass is 350 g/mol. The van der Waals surface area contributed by atoms with Gasteiger partial charge in [0, 0.05) is 37.8 Å². The molecule has 4 nitrogen and oxygen atoms in total. The van der Waals surface area contributed by atoms with Crippen LogP contribution in [0, 0.1) is 0 Å². The van der Waals surface area contributed by atoms with Crippen molar-refractivity contribution in [3.05, 3.63) is 71.9 Å². The van der Waals surface area contributed by atoms with Crippen LogP contribution in [-0.4, -0.2) is 27.1 Å². The molecule has 26 heavy (non-hydrogen) atoms. The molecule has 0 saturated carbocycles. The van der Waals surface area contributed by atoms with E-state index in [9.17, 15) is 0 Å². The van der Waals surface area contributed by atoms with Gasteiger partial charge in [0.1, 0.15) is 19.4 Å². The van der Waals surface area contributed by atoms with Crippen LogP contribution in [0.25, 0.3) is 23.1 Å². The van der Waals surface area contributed by atoms with E-state index in [4.69, 9.17) is 14.2 Å². The summed E-state index contributed by atoms with van der Waals surface area (Å²) < 4.78 is 18.1. The van der Waals surface area contributed by atoms with Gasteiger partial charge < -0.3 is 14.2 Å². The Morgan fingerprint density at radius 1 is 0.885 bits per heavy atom. The number of pyridine rings is 1. The molecule has 0 aliphatic heterocycles. The number of benzene rings is 2. The van der Waals surface area contributed by atoms with Gasteiger partial charge in [-0.25, -0.2) is 0 Å². The molecule has 0 bridgehead atoms. The summed E-state index contributed by atoms with van der Waals surface area (Å²) in [5, 5.41) is 1.24. The lowest BCUT2D eigenvalue weighted by Gasteiger charge is -2.14. The van der Waals surface area contributed by atoms with Crippen molar-refractivity contribution in [3.63, 3.8) is 0 Å². The van der Waals surface area contributed by atoms with Crippen LogP contribution in [0.5, 0.6) is 5.75 Å². The summed E-state index contributed by atoms with van der Waals surface area (Å²) in [6.07, 6.45) is 3.86. The second-order valence-corrected chi connectivity index (χ2v) is 5.99. The standard InChI is InChI=1S/C22H24NO3/c1-23-19(13-11-18-6-4-5-7-21(18)23)12-8-17-9-14-20(15-10-17)26-16-22(24-2)25-3/h4-15,22H,16H2,1-3H3/q+1/b12-8+. The maximum absolute atomic E-state index is 5.66. The van der Waals surface area contributed by atoms with Crippen molar-refractivity contribution in [2.24, 2.45) is 7.05 Å². The Morgan fingerprint density at radius 2 is 1.62 bits per heavy atom. The summed E-state index contributed by atoms with van der Waals surface area (Å²) >= 11 is 0. The zero-order valence-electron chi connectivity index (χ0n) is 15.4. The molecule has 0 spiro atoms. The Labute approximate surface area is 154 Å². The van der Waals surface area contributed by atoms with Crippen LogP contribution >= 0.6 is 0 Å². The first-order valence-electron chi connectivity index (χ1n) is 8.55. The highest BCUT2D eigenvalue weighted by Gasteiger charge is 2.08. The van der Waals surface area contributed by atoms with Crippen molar-refractivity contribution in [1.82, 2.24) is 0 Å². The molecule has 1 aromatic heterocycles. The number of aryl methyl sites for hydroxylation is 1. The third kappa shape index (κ3) is 4.28. The van der Waals surface area contributed by atoms with Crippen molar-refractivity contribution in [2.75, 3.05) is 20.8 Å². The van der Waals surface area contributed by atoms with Crippen molar-refractivity contribution in [1.29, 1.82) is 0 Å². The third-order valence-corrected chi connectivity index (χ3v) is 4.36. The van der Waals surface area contributed by atoms with E-state index in [1.165, 1.54) is 10.9 Å². The number of fused-ring (bicyclic) bond motifs is 1. The Kier molecular flexibility index (Phi) is 6.00. The largest absolute Gasteiger partial charge is 0.488 e. The van der Waals surface area contributed by atoms with Gasteiger partial charge in [0.25, 0.3) is 0 Å². The Morgan fingerprint density at radius 3 is 2.35 bits per heavy atom. The Bertz CT molecular complexity index is 884. The summed E-state index contributed by atoms with van der Waals surface area (Å²) in [6, 6.07) is 20.6. The van der Waals surface area contributed by atoms with Crippen LogP contribution in [0.1, 0.15) is 11.3 Å². The quantitative estimate of drug-likeness (QED) is 0.479. The van der Waals surface area contributed by atoms with Gasteiger partial charge in [-0.3, -0.25) is 0 Å². The van der Waals surface area contributed by atoms with Crippen LogP contribution in [0.3, 0.4) is 0 Å². The number of aromatic nitrogens is 1. The molecule has 0 saturated heterocycles. The van der Waals surface area contributed by atoms with Crippen molar-refractivity contribution in [2.45, 2.75) is 6.29 Å². The maximum Gasteiger partial charge on any atom is 0.212 e. The number of para-hydroxylation sites is 1. The molecule has 4 heteroatoms. The molecule has 3 rings (SSSR count). The number of nitrogens with zero attached hydrogens (tertiary/aromatic N) is 1. The molecule has 0 atom stereocenters. The average molecular weight is 350 g/mol. The highest BCUT2D eigenvalue weighted by atomic mass is 16.7. The fraction of sp³-hybridized carbons (Fsp3) is 0.227. The molecule has 0 aliphatic rings. The van der Waals surface area contributed by atoms with Gasteiger partial charge in [-0.05, 0) is 35.9 Å². The van der Waals surface area contributed by atoms with E-state index in [1.54, 1.807) is 14.2 Å². The predicted octanol–water partition coefficient (Wildman–Crippen LogP) is 3.83. The molecule has 1 heterocycles. The minimum Gasteiger partial charge on any atom is -0.488 e. The average Bonchev–Trinajstić information content (AvgIpc) is 2.69. The van der Waals surface area contributed by atoms with Gasteiger partial charge >= 0.3 is 0 Å². The van der Waals surface area contributed by atoms with Crippen molar-refractivity contribution < 1.29 is 18.8 Å². The number of hydrogen-bond donors (Lipinski definition) is 0. The van der Waals surface area contributed by atoms with Crippen molar-refractivity contribution >= 4 is 23.1 Å². The second-order valence-electron chi connectivity index (χ2n) is 5.99. The predicted molar refractivity (Wildman–Crippen MR) is 104 cm³/mol. The number of methoxy groups -OCH3 is 2. The molecular weight excluding hydrogens is 326 g/mol. The summed E-state index contributed by atoms with van der Waals surface area (Å²) in [5.74, 6) is 0.789. The van der Waals surface area contributed by atoms with Gasteiger partial charge in [0.05, 0.1) is 0 Å².